The van der Waals surface area contributed by atoms with Crippen molar-refractivity contribution in [3.63, 3.8) is 0 Å². The lowest BCUT2D eigenvalue weighted by Crippen LogP contribution is -2.40. The Morgan fingerprint density at radius 2 is 2.15 bits per heavy atom. The molecule has 1 atom stereocenters. The maximum absolute atomic E-state index is 12.6. The quantitative estimate of drug-likeness (QED) is 0.906. The number of aromatic amines is 1. The van der Waals surface area contributed by atoms with Gasteiger partial charge in [-0.3, -0.25) is 9.89 Å². The summed E-state index contributed by atoms with van der Waals surface area (Å²) >= 11 is 0. The first kappa shape index (κ1) is 12.8. The number of nitrogens with zero attached hydrogens (tertiary/aromatic N) is 3. The zero-order chi connectivity index (χ0) is 13.9. The van der Waals surface area contributed by atoms with Crippen LogP contribution in [0, 0.1) is 5.92 Å². The molecule has 0 spiro atoms. The molecule has 1 saturated carbocycles. The van der Waals surface area contributed by atoms with Crippen molar-refractivity contribution in [2.24, 2.45) is 5.92 Å². The minimum absolute atomic E-state index is 0.0780. The average molecular weight is 270 g/mol. The van der Waals surface area contributed by atoms with E-state index >= 15 is 0 Å². The lowest BCUT2D eigenvalue weighted by atomic mass is 10.1. The Balaban J connectivity index is 1.82. The standard InChI is InChI=1S/C15H18N4O/c1-11(13-7-8-13)19(9-12-5-3-2-4-6-12)15(20)14-16-10-17-18-14/h2-6,10-11,13H,7-9H2,1H3,(H,16,17,18). The number of carbonyl (C=O) groups is 1. The SMILES string of the molecule is CC(C1CC1)N(Cc1ccccc1)C(=O)c1ncn[nH]1. The van der Waals surface area contributed by atoms with Crippen LogP contribution in [0.1, 0.15) is 35.9 Å². The fourth-order valence-electron chi connectivity index (χ4n) is 2.46. The van der Waals surface area contributed by atoms with Crippen molar-refractivity contribution >= 4 is 5.91 Å². The highest BCUT2D eigenvalue weighted by molar-refractivity contribution is 5.90. The maximum atomic E-state index is 12.6. The summed E-state index contributed by atoms with van der Waals surface area (Å²) in [6.07, 6.45) is 3.78. The van der Waals surface area contributed by atoms with Crippen LogP contribution in [-0.2, 0) is 6.54 Å². The van der Waals surface area contributed by atoms with Crippen LogP contribution in [0.4, 0.5) is 0 Å². The molecule has 0 saturated heterocycles. The molecule has 0 radical (unpaired) electrons. The third-order valence-electron chi connectivity index (χ3n) is 3.87. The Morgan fingerprint density at radius 3 is 2.75 bits per heavy atom. The van der Waals surface area contributed by atoms with Gasteiger partial charge in [0.15, 0.2) is 0 Å². The molecule has 3 rings (SSSR count). The molecule has 1 aliphatic rings. The molecule has 1 amide bonds. The van der Waals surface area contributed by atoms with Crippen LogP contribution in [-0.4, -0.2) is 32.0 Å². The largest absolute Gasteiger partial charge is 0.329 e. The van der Waals surface area contributed by atoms with Gasteiger partial charge in [-0.05, 0) is 31.2 Å². The normalized spacial score (nSPS) is 15.8. The number of rotatable bonds is 5. The molecule has 5 heteroatoms. The minimum Gasteiger partial charge on any atom is -0.329 e. The van der Waals surface area contributed by atoms with Crippen LogP contribution >= 0.6 is 0 Å². The second kappa shape index (κ2) is 5.45. The Hall–Kier alpha value is -2.17. The zero-order valence-corrected chi connectivity index (χ0v) is 11.5. The molecule has 1 unspecified atom stereocenters. The number of carbonyl (C=O) groups excluding carboxylic acids is 1. The first-order valence-corrected chi connectivity index (χ1v) is 6.96. The Labute approximate surface area is 118 Å². The Morgan fingerprint density at radius 1 is 1.40 bits per heavy atom. The highest BCUT2D eigenvalue weighted by atomic mass is 16.2. The van der Waals surface area contributed by atoms with Crippen molar-refractivity contribution in [3.05, 3.63) is 48.0 Å². The fourth-order valence-corrected chi connectivity index (χ4v) is 2.46. The van der Waals surface area contributed by atoms with Crippen LogP contribution in [0.2, 0.25) is 0 Å². The fraction of sp³-hybridized carbons (Fsp3) is 0.400. The first-order chi connectivity index (χ1) is 9.75. The maximum Gasteiger partial charge on any atom is 0.291 e. The number of benzene rings is 1. The van der Waals surface area contributed by atoms with Crippen LogP contribution < -0.4 is 0 Å². The molecule has 1 aliphatic carbocycles. The van der Waals surface area contributed by atoms with Crippen molar-refractivity contribution in [1.29, 1.82) is 0 Å². The monoisotopic (exact) mass is 270 g/mol. The van der Waals surface area contributed by atoms with E-state index in [-0.39, 0.29) is 11.9 Å². The third kappa shape index (κ3) is 2.71. The number of aromatic nitrogens is 3. The van der Waals surface area contributed by atoms with E-state index in [1.54, 1.807) is 0 Å². The third-order valence-corrected chi connectivity index (χ3v) is 3.87. The first-order valence-electron chi connectivity index (χ1n) is 6.96. The summed E-state index contributed by atoms with van der Waals surface area (Å²) < 4.78 is 0. The molecule has 5 nitrogen and oxygen atoms in total. The van der Waals surface area contributed by atoms with Gasteiger partial charge in [0.1, 0.15) is 6.33 Å². The number of amides is 1. The Bertz CT molecular complexity index is 563. The molecule has 1 aromatic heterocycles. The van der Waals surface area contributed by atoms with Crippen LogP contribution in [0.25, 0.3) is 0 Å². The van der Waals surface area contributed by atoms with Gasteiger partial charge in [-0.25, -0.2) is 4.98 Å². The van der Waals surface area contributed by atoms with Crippen LogP contribution in [0.5, 0.6) is 0 Å². The molecular weight excluding hydrogens is 252 g/mol. The summed E-state index contributed by atoms with van der Waals surface area (Å²) in [7, 11) is 0. The number of hydrogen-bond donors (Lipinski definition) is 1. The van der Waals surface area contributed by atoms with Gasteiger partial charge in [-0.1, -0.05) is 30.3 Å². The molecule has 20 heavy (non-hydrogen) atoms. The molecule has 0 aliphatic heterocycles. The molecule has 0 bridgehead atoms. The summed E-state index contributed by atoms with van der Waals surface area (Å²) in [5, 5.41) is 6.43. The second-order valence-corrected chi connectivity index (χ2v) is 5.33. The Kier molecular flexibility index (Phi) is 3.50. The van der Waals surface area contributed by atoms with Crippen LogP contribution in [0.15, 0.2) is 36.7 Å². The van der Waals surface area contributed by atoms with Gasteiger partial charge in [0, 0.05) is 12.6 Å². The molecule has 1 heterocycles. The van der Waals surface area contributed by atoms with E-state index in [0.29, 0.717) is 18.3 Å². The molecular formula is C15H18N4O. The van der Waals surface area contributed by atoms with Gasteiger partial charge in [0.2, 0.25) is 5.82 Å². The van der Waals surface area contributed by atoms with Crippen molar-refractivity contribution in [1.82, 2.24) is 20.1 Å². The zero-order valence-electron chi connectivity index (χ0n) is 11.5. The van der Waals surface area contributed by atoms with Gasteiger partial charge in [-0.15, -0.1) is 0 Å². The summed E-state index contributed by atoms with van der Waals surface area (Å²) in [5.41, 5.74) is 1.13. The predicted octanol–water partition coefficient (Wildman–Crippen LogP) is 2.25. The van der Waals surface area contributed by atoms with Gasteiger partial charge < -0.3 is 4.90 Å². The van der Waals surface area contributed by atoms with Gasteiger partial charge in [-0.2, -0.15) is 5.10 Å². The summed E-state index contributed by atoms with van der Waals surface area (Å²) in [5.74, 6) is 0.852. The predicted molar refractivity (Wildman–Crippen MR) is 74.9 cm³/mol. The highest BCUT2D eigenvalue weighted by Crippen LogP contribution is 2.36. The number of nitrogens with one attached hydrogen (secondary N) is 1. The van der Waals surface area contributed by atoms with Gasteiger partial charge >= 0.3 is 0 Å². The topological polar surface area (TPSA) is 61.9 Å². The summed E-state index contributed by atoms with van der Waals surface area (Å²) in [4.78, 5) is 18.5. The number of H-pyrrole nitrogens is 1. The number of hydrogen-bond acceptors (Lipinski definition) is 3. The molecule has 104 valence electrons. The second-order valence-electron chi connectivity index (χ2n) is 5.33. The summed E-state index contributed by atoms with van der Waals surface area (Å²) in [6, 6.07) is 10.3. The minimum atomic E-state index is -0.0780. The van der Waals surface area contributed by atoms with Gasteiger partial charge in [0.25, 0.3) is 5.91 Å². The van der Waals surface area contributed by atoms with Crippen molar-refractivity contribution in [3.8, 4) is 0 Å². The molecule has 1 aromatic carbocycles. The summed E-state index contributed by atoms with van der Waals surface area (Å²) in [6.45, 7) is 2.73. The lowest BCUT2D eigenvalue weighted by Gasteiger charge is -2.28. The average Bonchev–Trinajstić information content (AvgIpc) is 3.19. The lowest BCUT2D eigenvalue weighted by molar-refractivity contribution is 0.0642. The van der Waals surface area contributed by atoms with Crippen LogP contribution in [0.3, 0.4) is 0 Å². The van der Waals surface area contributed by atoms with E-state index in [9.17, 15) is 4.79 Å². The van der Waals surface area contributed by atoms with Crippen molar-refractivity contribution < 1.29 is 4.79 Å². The van der Waals surface area contributed by atoms with Gasteiger partial charge in [0.05, 0.1) is 0 Å². The van der Waals surface area contributed by atoms with E-state index in [1.165, 1.54) is 19.2 Å². The van der Waals surface area contributed by atoms with E-state index in [0.717, 1.165) is 5.56 Å². The van der Waals surface area contributed by atoms with E-state index < -0.39 is 0 Å². The van der Waals surface area contributed by atoms with E-state index in [1.807, 2.05) is 35.2 Å². The highest BCUT2D eigenvalue weighted by Gasteiger charge is 2.35. The van der Waals surface area contributed by atoms with E-state index in [2.05, 4.69) is 22.1 Å². The molecule has 2 aromatic rings. The van der Waals surface area contributed by atoms with Crippen molar-refractivity contribution in [2.75, 3.05) is 0 Å². The smallest absolute Gasteiger partial charge is 0.291 e. The molecule has 1 N–H and O–H groups in total. The molecule has 1 fully saturated rings. The van der Waals surface area contributed by atoms with E-state index in [4.69, 9.17) is 0 Å². The van der Waals surface area contributed by atoms with Crippen molar-refractivity contribution in [2.45, 2.75) is 32.4 Å².